The van der Waals surface area contributed by atoms with Crippen LogP contribution in [0.5, 0.6) is 0 Å². The highest BCUT2D eigenvalue weighted by molar-refractivity contribution is 6.22. The van der Waals surface area contributed by atoms with Gasteiger partial charge in [-0.25, -0.2) is 4.39 Å². The Bertz CT molecular complexity index is 419. The van der Waals surface area contributed by atoms with Gasteiger partial charge in [0, 0.05) is 17.3 Å². The van der Waals surface area contributed by atoms with E-state index in [0.29, 0.717) is 11.1 Å². The fourth-order valence-electron chi connectivity index (χ4n) is 1.23. The number of halogens is 3. The number of benzene rings is 1. The molecule has 0 unspecified atom stereocenters. The SMILES string of the molecule is Cc1cc(C(=O)NC(C)(CCl)CCl)ccc1F. The molecule has 0 radical (unpaired) electrons. The Balaban J connectivity index is 2.86. The highest BCUT2D eigenvalue weighted by atomic mass is 35.5. The Labute approximate surface area is 110 Å². The fraction of sp³-hybridized carbons (Fsp3) is 0.417. The van der Waals surface area contributed by atoms with Gasteiger partial charge in [0.15, 0.2) is 0 Å². The van der Waals surface area contributed by atoms with E-state index in [1.165, 1.54) is 18.2 Å². The molecular weight excluding hydrogens is 264 g/mol. The van der Waals surface area contributed by atoms with Crippen molar-refractivity contribution < 1.29 is 9.18 Å². The number of aryl methyl sites for hydroxylation is 1. The zero-order valence-corrected chi connectivity index (χ0v) is 11.2. The first-order valence-electron chi connectivity index (χ1n) is 5.12. The first kappa shape index (κ1) is 14.3. The van der Waals surface area contributed by atoms with Crippen LogP contribution in [-0.2, 0) is 0 Å². The van der Waals surface area contributed by atoms with Crippen LogP contribution in [0.25, 0.3) is 0 Å². The average molecular weight is 278 g/mol. The second kappa shape index (κ2) is 5.69. The number of alkyl halides is 2. The van der Waals surface area contributed by atoms with Gasteiger partial charge in [0.25, 0.3) is 5.91 Å². The largest absolute Gasteiger partial charge is 0.344 e. The molecule has 94 valence electrons. The van der Waals surface area contributed by atoms with Gasteiger partial charge in [0.2, 0.25) is 0 Å². The van der Waals surface area contributed by atoms with Gasteiger partial charge in [-0.1, -0.05) is 0 Å². The number of carbonyl (C=O) groups is 1. The van der Waals surface area contributed by atoms with E-state index in [2.05, 4.69) is 5.32 Å². The van der Waals surface area contributed by atoms with E-state index in [-0.39, 0.29) is 23.5 Å². The van der Waals surface area contributed by atoms with Gasteiger partial charge >= 0.3 is 0 Å². The van der Waals surface area contributed by atoms with Gasteiger partial charge in [-0.15, -0.1) is 23.2 Å². The van der Waals surface area contributed by atoms with Gasteiger partial charge in [-0.05, 0) is 37.6 Å². The number of amides is 1. The van der Waals surface area contributed by atoms with E-state index >= 15 is 0 Å². The van der Waals surface area contributed by atoms with Crippen molar-refractivity contribution in [1.82, 2.24) is 5.32 Å². The normalized spacial score (nSPS) is 11.4. The third-order valence-corrected chi connectivity index (χ3v) is 3.61. The molecule has 0 saturated carbocycles. The Morgan fingerprint density at radius 2 is 2.00 bits per heavy atom. The van der Waals surface area contributed by atoms with Crippen molar-refractivity contribution in [2.45, 2.75) is 19.4 Å². The van der Waals surface area contributed by atoms with E-state index in [9.17, 15) is 9.18 Å². The number of rotatable bonds is 4. The van der Waals surface area contributed by atoms with Crippen LogP contribution in [0.15, 0.2) is 18.2 Å². The zero-order valence-electron chi connectivity index (χ0n) is 9.69. The third kappa shape index (κ3) is 3.58. The van der Waals surface area contributed by atoms with E-state index < -0.39 is 5.54 Å². The van der Waals surface area contributed by atoms with Crippen LogP contribution in [0.4, 0.5) is 4.39 Å². The Hall–Kier alpha value is -0.800. The van der Waals surface area contributed by atoms with Crippen LogP contribution in [0.2, 0.25) is 0 Å². The van der Waals surface area contributed by atoms with Crippen molar-refractivity contribution in [3.05, 3.63) is 35.1 Å². The predicted octanol–water partition coefficient (Wildman–Crippen LogP) is 3.10. The third-order valence-electron chi connectivity index (χ3n) is 2.43. The number of nitrogens with one attached hydrogen (secondary N) is 1. The van der Waals surface area contributed by atoms with Gasteiger partial charge in [0.05, 0.1) is 5.54 Å². The molecular formula is C12H14Cl2FNO. The summed E-state index contributed by atoms with van der Waals surface area (Å²) in [6, 6.07) is 4.19. The minimum absolute atomic E-state index is 0.211. The molecule has 0 spiro atoms. The lowest BCUT2D eigenvalue weighted by molar-refractivity contribution is 0.0921. The van der Waals surface area contributed by atoms with Crippen molar-refractivity contribution in [3.8, 4) is 0 Å². The summed E-state index contributed by atoms with van der Waals surface area (Å²) in [5.41, 5.74) is 0.157. The Kier molecular flexibility index (Phi) is 4.78. The maximum absolute atomic E-state index is 13.1. The van der Waals surface area contributed by atoms with Crippen LogP contribution in [-0.4, -0.2) is 23.2 Å². The number of hydrogen-bond acceptors (Lipinski definition) is 1. The molecule has 0 aromatic heterocycles. The number of carbonyl (C=O) groups excluding carboxylic acids is 1. The minimum Gasteiger partial charge on any atom is -0.344 e. The fourth-order valence-corrected chi connectivity index (χ4v) is 1.65. The molecule has 0 bridgehead atoms. The van der Waals surface area contributed by atoms with Crippen molar-refractivity contribution in [2.75, 3.05) is 11.8 Å². The monoisotopic (exact) mass is 277 g/mol. The van der Waals surface area contributed by atoms with Crippen LogP contribution in [0.1, 0.15) is 22.8 Å². The van der Waals surface area contributed by atoms with Crippen molar-refractivity contribution in [1.29, 1.82) is 0 Å². The molecule has 2 nitrogen and oxygen atoms in total. The second-order valence-corrected chi connectivity index (χ2v) is 4.78. The Morgan fingerprint density at radius 1 is 1.41 bits per heavy atom. The molecule has 1 aromatic carbocycles. The maximum atomic E-state index is 13.1. The molecule has 1 N–H and O–H groups in total. The molecule has 5 heteroatoms. The summed E-state index contributed by atoms with van der Waals surface area (Å²) in [4.78, 5) is 11.9. The van der Waals surface area contributed by atoms with E-state index in [1.54, 1.807) is 13.8 Å². The van der Waals surface area contributed by atoms with Gasteiger partial charge in [-0.2, -0.15) is 0 Å². The zero-order chi connectivity index (χ0) is 13.1. The molecule has 0 atom stereocenters. The van der Waals surface area contributed by atoms with E-state index in [0.717, 1.165) is 0 Å². The van der Waals surface area contributed by atoms with E-state index in [1.807, 2.05) is 0 Å². The van der Waals surface area contributed by atoms with Crippen LogP contribution in [0, 0.1) is 12.7 Å². The number of hydrogen-bond donors (Lipinski definition) is 1. The molecule has 0 saturated heterocycles. The van der Waals surface area contributed by atoms with Gasteiger partial charge < -0.3 is 5.32 Å². The Morgan fingerprint density at radius 3 is 2.47 bits per heavy atom. The summed E-state index contributed by atoms with van der Waals surface area (Å²) < 4.78 is 13.1. The molecule has 1 aromatic rings. The van der Waals surface area contributed by atoms with Crippen molar-refractivity contribution >= 4 is 29.1 Å². The first-order chi connectivity index (χ1) is 7.91. The standard InChI is InChI=1S/C12H14Cl2FNO/c1-8-5-9(3-4-10(8)15)11(17)16-12(2,6-13)7-14/h3-5H,6-7H2,1-2H3,(H,16,17). The first-order valence-corrected chi connectivity index (χ1v) is 6.19. The van der Waals surface area contributed by atoms with Crippen molar-refractivity contribution in [3.63, 3.8) is 0 Å². The highest BCUT2D eigenvalue weighted by Crippen LogP contribution is 2.13. The smallest absolute Gasteiger partial charge is 0.251 e. The molecule has 1 rings (SSSR count). The summed E-state index contributed by atoms with van der Waals surface area (Å²) >= 11 is 11.5. The van der Waals surface area contributed by atoms with Gasteiger partial charge in [0.1, 0.15) is 5.82 Å². The summed E-state index contributed by atoms with van der Waals surface area (Å²) in [7, 11) is 0. The van der Waals surface area contributed by atoms with Gasteiger partial charge in [-0.3, -0.25) is 4.79 Å². The van der Waals surface area contributed by atoms with Crippen LogP contribution in [0.3, 0.4) is 0 Å². The summed E-state index contributed by atoms with van der Waals surface area (Å²) in [6.45, 7) is 3.36. The molecule has 1 amide bonds. The molecule has 0 heterocycles. The lowest BCUT2D eigenvalue weighted by Crippen LogP contribution is -2.49. The average Bonchev–Trinajstić information content (AvgIpc) is 2.32. The van der Waals surface area contributed by atoms with Crippen molar-refractivity contribution in [2.24, 2.45) is 0 Å². The summed E-state index contributed by atoms with van der Waals surface area (Å²) in [6.07, 6.45) is 0. The topological polar surface area (TPSA) is 29.1 Å². The molecule has 0 aliphatic heterocycles. The molecule has 0 aliphatic rings. The van der Waals surface area contributed by atoms with E-state index in [4.69, 9.17) is 23.2 Å². The lowest BCUT2D eigenvalue weighted by atomic mass is 10.1. The molecule has 0 fully saturated rings. The second-order valence-electron chi connectivity index (χ2n) is 4.25. The quantitative estimate of drug-likeness (QED) is 0.842. The predicted molar refractivity (Wildman–Crippen MR) is 68.4 cm³/mol. The summed E-state index contributed by atoms with van der Waals surface area (Å²) in [5, 5.41) is 2.73. The lowest BCUT2D eigenvalue weighted by Gasteiger charge is -2.25. The maximum Gasteiger partial charge on any atom is 0.251 e. The van der Waals surface area contributed by atoms with Crippen LogP contribution >= 0.6 is 23.2 Å². The molecule has 17 heavy (non-hydrogen) atoms. The minimum atomic E-state index is -0.664. The summed E-state index contributed by atoms with van der Waals surface area (Å²) in [5.74, 6) is -0.221. The highest BCUT2D eigenvalue weighted by Gasteiger charge is 2.24. The van der Waals surface area contributed by atoms with Crippen LogP contribution < -0.4 is 5.32 Å². The molecule has 0 aliphatic carbocycles.